The third-order valence-corrected chi connectivity index (χ3v) is 3.78. The van der Waals surface area contributed by atoms with Crippen molar-refractivity contribution in [2.45, 2.75) is 44.7 Å². The van der Waals surface area contributed by atoms with Crippen LogP contribution in [-0.4, -0.2) is 11.4 Å². The second kappa shape index (κ2) is 3.52. The molecule has 1 saturated carbocycles. The van der Waals surface area contributed by atoms with Gasteiger partial charge in [0, 0.05) is 5.69 Å². The second-order valence-electron chi connectivity index (χ2n) is 4.97. The maximum Gasteiger partial charge on any atom is 0.211 e. The van der Waals surface area contributed by atoms with Gasteiger partial charge in [-0.05, 0) is 50.2 Å². The van der Waals surface area contributed by atoms with Gasteiger partial charge in [0.05, 0.1) is 11.4 Å². The molecule has 0 atom stereocenters. The largest absolute Gasteiger partial charge is 0.328 e. The van der Waals surface area contributed by atoms with Gasteiger partial charge in [-0.1, -0.05) is 0 Å². The molecule has 0 bridgehead atoms. The Bertz CT molecular complexity index is 495. The number of alkyl halides is 1. The summed E-state index contributed by atoms with van der Waals surface area (Å²) in [6.07, 6.45) is 4.64. The van der Waals surface area contributed by atoms with Crippen LogP contribution in [0.4, 0.5) is 10.1 Å². The van der Waals surface area contributed by atoms with E-state index in [9.17, 15) is 9.18 Å². The van der Waals surface area contributed by atoms with Crippen molar-refractivity contribution in [3.63, 3.8) is 0 Å². The molecule has 4 heteroatoms. The highest BCUT2D eigenvalue weighted by Gasteiger charge is 2.48. The predicted octanol–water partition coefficient (Wildman–Crippen LogP) is 2.41. The van der Waals surface area contributed by atoms with Crippen LogP contribution in [0.2, 0.25) is 0 Å². The van der Waals surface area contributed by atoms with Gasteiger partial charge in [-0.15, -0.1) is 0 Å². The molecule has 2 aliphatic rings. The predicted molar refractivity (Wildman–Crippen MR) is 62.7 cm³/mol. The Balaban J connectivity index is 2.18. The first-order chi connectivity index (χ1) is 8.15. The minimum atomic E-state index is -1.24. The average molecular weight is 234 g/mol. The minimum absolute atomic E-state index is 0.544. The van der Waals surface area contributed by atoms with E-state index in [0.717, 1.165) is 41.8 Å². The lowest BCUT2D eigenvalue weighted by atomic mass is 10.0. The number of anilines is 1. The van der Waals surface area contributed by atoms with Crippen molar-refractivity contribution in [1.29, 1.82) is 0 Å². The van der Waals surface area contributed by atoms with E-state index in [0.29, 0.717) is 24.9 Å². The van der Waals surface area contributed by atoms with Crippen LogP contribution in [0.3, 0.4) is 0 Å². The first-order valence-corrected chi connectivity index (χ1v) is 6.07. The van der Waals surface area contributed by atoms with Gasteiger partial charge in [-0.3, -0.25) is 9.78 Å². The summed E-state index contributed by atoms with van der Waals surface area (Å²) in [5.41, 5.74) is 2.98. The number of pyridine rings is 1. The Morgan fingerprint density at radius 3 is 2.82 bits per heavy atom. The van der Waals surface area contributed by atoms with Crippen molar-refractivity contribution in [1.82, 2.24) is 4.98 Å². The molecular weight excluding hydrogens is 219 g/mol. The zero-order chi connectivity index (χ0) is 12.0. The fraction of sp³-hybridized carbons (Fsp3) is 0.538. The molecule has 2 aliphatic carbocycles. The molecule has 1 N–H and O–H groups in total. The van der Waals surface area contributed by atoms with E-state index in [2.05, 4.69) is 10.3 Å². The standard InChI is InChI=1S/C13H15FN2O/c1-8-11(15-7-17)9-3-2-4-10(9)16-12(8)13(14)5-6-13/h7H,2-6H2,1H3,(H,15,16,17). The number of nitrogens with zero attached hydrogens (tertiary/aromatic N) is 1. The molecule has 1 fully saturated rings. The van der Waals surface area contributed by atoms with Gasteiger partial charge < -0.3 is 5.32 Å². The minimum Gasteiger partial charge on any atom is -0.328 e. The van der Waals surface area contributed by atoms with Gasteiger partial charge in [0.15, 0.2) is 5.67 Å². The molecule has 1 aromatic rings. The number of hydrogen-bond acceptors (Lipinski definition) is 2. The first-order valence-electron chi connectivity index (χ1n) is 6.07. The van der Waals surface area contributed by atoms with Crippen molar-refractivity contribution in [3.8, 4) is 0 Å². The number of aromatic nitrogens is 1. The third-order valence-electron chi connectivity index (χ3n) is 3.78. The lowest BCUT2D eigenvalue weighted by Gasteiger charge is -2.16. The van der Waals surface area contributed by atoms with Crippen LogP contribution in [0, 0.1) is 6.92 Å². The van der Waals surface area contributed by atoms with Crippen LogP contribution in [0.1, 0.15) is 41.8 Å². The molecule has 0 saturated heterocycles. The Morgan fingerprint density at radius 1 is 1.41 bits per heavy atom. The first kappa shape index (κ1) is 10.7. The van der Waals surface area contributed by atoms with E-state index in [1.54, 1.807) is 0 Å². The Morgan fingerprint density at radius 2 is 2.18 bits per heavy atom. The highest BCUT2D eigenvalue weighted by atomic mass is 19.1. The summed E-state index contributed by atoms with van der Waals surface area (Å²) in [4.78, 5) is 15.2. The van der Waals surface area contributed by atoms with Crippen LogP contribution < -0.4 is 5.32 Å². The van der Waals surface area contributed by atoms with Gasteiger partial charge in [0.1, 0.15) is 0 Å². The summed E-state index contributed by atoms with van der Waals surface area (Å²) in [5, 5.41) is 2.73. The topological polar surface area (TPSA) is 42.0 Å². The van der Waals surface area contributed by atoms with Gasteiger partial charge in [0.25, 0.3) is 0 Å². The molecular formula is C13H15FN2O. The second-order valence-corrected chi connectivity index (χ2v) is 4.97. The molecule has 0 aromatic carbocycles. The van der Waals surface area contributed by atoms with Gasteiger partial charge in [-0.2, -0.15) is 0 Å². The summed E-state index contributed by atoms with van der Waals surface area (Å²) in [5.74, 6) is 0. The highest BCUT2D eigenvalue weighted by molar-refractivity contribution is 5.77. The van der Waals surface area contributed by atoms with Crippen molar-refractivity contribution in [3.05, 3.63) is 22.5 Å². The Hall–Kier alpha value is -1.45. The molecule has 3 nitrogen and oxygen atoms in total. The van der Waals surface area contributed by atoms with Crippen molar-refractivity contribution < 1.29 is 9.18 Å². The third kappa shape index (κ3) is 1.54. The maximum absolute atomic E-state index is 14.2. The van der Waals surface area contributed by atoms with Crippen LogP contribution >= 0.6 is 0 Å². The van der Waals surface area contributed by atoms with Crippen molar-refractivity contribution >= 4 is 12.1 Å². The molecule has 1 aromatic heterocycles. The number of fused-ring (bicyclic) bond motifs is 1. The smallest absolute Gasteiger partial charge is 0.211 e. The SMILES string of the molecule is Cc1c(C2(F)CC2)nc2c(c1NC=O)CCC2. The quantitative estimate of drug-likeness (QED) is 0.816. The fourth-order valence-corrected chi connectivity index (χ4v) is 2.72. The summed E-state index contributed by atoms with van der Waals surface area (Å²) in [6.45, 7) is 1.85. The fourth-order valence-electron chi connectivity index (χ4n) is 2.72. The normalized spacial score (nSPS) is 19.9. The lowest BCUT2D eigenvalue weighted by Crippen LogP contribution is -2.12. The molecule has 3 rings (SSSR count). The van der Waals surface area contributed by atoms with Gasteiger partial charge >= 0.3 is 0 Å². The number of nitrogens with one attached hydrogen (secondary N) is 1. The molecule has 0 spiro atoms. The number of hydrogen-bond donors (Lipinski definition) is 1. The number of carbonyl (C=O) groups excluding carboxylic acids is 1. The van der Waals surface area contributed by atoms with Crippen LogP contribution in [0.25, 0.3) is 0 Å². The summed E-state index contributed by atoms with van der Waals surface area (Å²) in [7, 11) is 0. The average Bonchev–Trinajstić information content (AvgIpc) is 2.89. The molecule has 0 unspecified atom stereocenters. The Labute approximate surface area is 99.4 Å². The lowest BCUT2D eigenvalue weighted by molar-refractivity contribution is -0.105. The number of aryl methyl sites for hydroxylation is 1. The molecule has 0 aliphatic heterocycles. The molecule has 90 valence electrons. The molecule has 17 heavy (non-hydrogen) atoms. The van der Waals surface area contributed by atoms with Crippen LogP contribution in [0.15, 0.2) is 0 Å². The molecule has 1 heterocycles. The zero-order valence-corrected chi connectivity index (χ0v) is 9.85. The van der Waals surface area contributed by atoms with Gasteiger partial charge in [-0.25, -0.2) is 4.39 Å². The van der Waals surface area contributed by atoms with Crippen LogP contribution in [0.5, 0.6) is 0 Å². The van der Waals surface area contributed by atoms with E-state index in [1.807, 2.05) is 6.92 Å². The van der Waals surface area contributed by atoms with Crippen LogP contribution in [-0.2, 0) is 23.3 Å². The summed E-state index contributed by atoms with van der Waals surface area (Å²) < 4.78 is 14.2. The molecule has 0 radical (unpaired) electrons. The molecule has 1 amide bonds. The van der Waals surface area contributed by atoms with E-state index in [4.69, 9.17) is 0 Å². The number of rotatable bonds is 3. The summed E-state index contributed by atoms with van der Waals surface area (Å²) in [6, 6.07) is 0. The van der Waals surface area contributed by atoms with E-state index in [1.165, 1.54) is 0 Å². The number of halogens is 1. The van der Waals surface area contributed by atoms with Crippen molar-refractivity contribution in [2.75, 3.05) is 5.32 Å². The van der Waals surface area contributed by atoms with Crippen molar-refractivity contribution in [2.24, 2.45) is 0 Å². The van der Waals surface area contributed by atoms with E-state index in [-0.39, 0.29) is 0 Å². The number of carbonyl (C=O) groups is 1. The zero-order valence-electron chi connectivity index (χ0n) is 9.85. The highest BCUT2D eigenvalue weighted by Crippen LogP contribution is 2.51. The monoisotopic (exact) mass is 234 g/mol. The Kier molecular flexibility index (Phi) is 2.21. The van der Waals surface area contributed by atoms with Gasteiger partial charge in [0.2, 0.25) is 6.41 Å². The number of amides is 1. The van der Waals surface area contributed by atoms with E-state index < -0.39 is 5.67 Å². The summed E-state index contributed by atoms with van der Waals surface area (Å²) >= 11 is 0. The maximum atomic E-state index is 14.2. The van der Waals surface area contributed by atoms with E-state index >= 15 is 0 Å².